The van der Waals surface area contributed by atoms with Gasteiger partial charge in [-0.15, -0.1) is 11.8 Å². The van der Waals surface area contributed by atoms with Crippen molar-refractivity contribution in [3.05, 3.63) is 18.2 Å². The number of hydrogen-bond donors (Lipinski definition) is 1. The van der Waals surface area contributed by atoms with E-state index < -0.39 is 0 Å². The summed E-state index contributed by atoms with van der Waals surface area (Å²) in [6, 6.07) is 6.27. The van der Waals surface area contributed by atoms with Gasteiger partial charge in [0.05, 0.1) is 23.3 Å². The molecule has 1 saturated heterocycles. The molecule has 0 amide bonds. The van der Waals surface area contributed by atoms with Crippen molar-refractivity contribution in [1.29, 1.82) is 0 Å². The standard InChI is InChI=1S/C13H17NO2S/c15-10-4-6-14(7-5-10)11-2-1-3-12-13(11)17-9-8-16-12/h1-3,10,15H,4-9H2. The molecule has 92 valence electrons. The molecule has 1 aromatic carbocycles. The molecule has 2 aliphatic heterocycles. The van der Waals surface area contributed by atoms with Crippen molar-refractivity contribution in [1.82, 2.24) is 0 Å². The number of aliphatic hydroxyl groups excluding tert-OH is 1. The van der Waals surface area contributed by atoms with Crippen LogP contribution in [0.2, 0.25) is 0 Å². The number of aliphatic hydroxyl groups is 1. The van der Waals surface area contributed by atoms with Crippen molar-refractivity contribution in [2.75, 3.05) is 30.3 Å². The van der Waals surface area contributed by atoms with Crippen LogP contribution in [0, 0.1) is 0 Å². The van der Waals surface area contributed by atoms with Crippen LogP contribution in [0.15, 0.2) is 23.1 Å². The van der Waals surface area contributed by atoms with E-state index in [-0.39, 0.29) is 6.10 Å². The van der Waals surface area contributed by atoms with E-state index >= 15 is 0 Å². The zero-order chi connectivity index (χ0) is 11.7. The molecule has 0 bridgehead atoms. The number of rotatable bonds is 1. The van der Waals surface area contributed by atoms with E-state index in [0.29, 0.717) is 0 Å². The van der Waals surface area contributed by atoms with Crippen LogP contribution in [0.1, 0.15) is 12.8 Å². The Kier molecular flexibility index (Phi) is 3.16. The van der Waals surface area contributed by atoms with Gasteiger partial charge in [0.1, 0.15) is 5.75 Å². The highest BCUT2D eigenvalue weighted by atomic mass is 32.2. The van der Waals surface area contributed by atoms with Crippen LogP contribution in [-0.2, 0) is 0 Å². The summed E-state index contributed by atoms with van der Waals surface area (Å²) in [7, 11) is 0. The first kappa shape index (κ1) is 11.2. The molecule has 1 fully saturated rings. The Bertz CT molecular complexity index is 402. The van der Waals surface area contributed by atoms with Crippen LogP contribution in [0.3, 0.4) is 0 Å². The predicted molar refractivity (Wildman–Crippen MR) is 70.1 cm³/mol. The number of thioether (sulfide) groups is 1. The van der Waals surface area contributed by atoms with Gasteiger partial charge in [-0.3, -0.25) is 0 Å². The summed E-state index contributed by atoms with van der Waals surface area (Å²) < 4.78 is 5.68. The number of benzene rings is 1. The monoisotopic (exact) mass is 251 g/mol. The molecule has 0 saturated carbocycles. The molecule has 3 rings (SSSR count). The zero-order valence-electron chi connectivity index (χ0n) is 9.76. The average molecular weight is 251 g/mol. The average Bonchev–Trinajstić information content (AvgIpc) is 2.39. The minimum Gasteiger partial charge on any atom is -0.491 e. The Morgan fingerprint density at radius 3 is 2.94 bits per heavy atom. The Hall–Kier alpha value is -0.870. The largest absolute Gasteiger partial charge is 0.491 e. The molecule has 0 spiro atoms. The van der Waals surface area contributed by atoms with Gasteiger partial charge < -0.3 is 14.7 Å². The van der Waals surface area contributed by atoms with Crippen LogP contribution in [0.25, 0.3) is 0 Å². The van der Waals surface area contributed by atoms with Gasteiger partial charge in [-0.25, -0.2) is 0 Å². The first-order valence-corrected chi connectivity index (χ1v) is 7.15. The topological polar surface area (TPSA) is 32.7 Å². The lowest BCUT2D eigenvalue weighted by Crippen LogP contribution is -2.36. The van der Waals surface area contributed by atoms with E-state index in [1.54, 1.807) is 0 Å². The van der Waals surface area contributed by atoms with Crippen molar-refractivity contribution in [3.8, 4) is 5.75 Å². The molecule has 2 aliphatic rings. The molecule has 2 heterocycles. The minimum absolute atomic E-state index is 0.116. The van der Waals surface area contributed by atoms with E-state index in [1.807, 2.05) is 17.8 Å². The van der Waals surface area contributed by atoms with Crippen LogP contribution < -0.4 is 9.64 Å². The van der Waals surface area contributed by atoms with E-state index in [0.717, 1.165) is 44.0 Å². The fraction of sp³-hybridized carbons (Fsp3) is 0.538. The molecule has 0 unspecified atom stereocenters. The fourth-order valence-corrected chi connectivity index (χ4v) is 3.40. The molecular weight excluding hydrogens is 234 g/mol. The van der Waals surface area contributed by atoms with Gasteiger partial charge >= 0.3 is 0 Å². The van der Waals surface area contributed by atoms with Crippen molar-refractivity contribution >= 4 is 17.4 Å². The first-order valence-electron chi connectivity index (χ1n) is 6.16. The predicted octanol–water partition coefficient (Wildman–Crippen LogP) is 2.13. The van der Waals surface area contributed by atoms with E-state index in [9.17, 15) is 5.11 Å². The number of ether oxygens (including phenoxy) is 1. The zero-order valence-corrected chi connectivity index (χ0v) is 10.6. The van der Waals surface area contributed by atoms with Gasteiger partial charge in [-0.1, -0.05) is 6.07 Å². The lowest BCUT2D eigenvalue weighted by Gasteiger charge is -2.33. The highest BCUT2D eigenvalue weighted by Gasteiger charge is 2.22. The lowest BCUT2D eigenvalue weighted by atomic mass is 10.1. The Morgan fingerprint density at radius 2 is 2.12 bits per heavy atom. The van der Waals surface area contributed by atoms with Crippen molar-refractivity contribution in [3.63, 3.8) is 0 Å². The highest BCUT2D eigenvalue weighted by Crippen LogP contribution is 2.41. The van der Waals surface area contributed by atoms with Crippen molar-refractivity contribution < 1.29 is 9.84 Å². The number of piperidine rings is 1. The molecule has 0 aliphatic carbocycles. The summed E-state index contributed by atoms with van der Waals surface area (Å²) >= 11 is 1.88. The van der Waals surface area contributed by atoms with Crippen LogP contribution >= 0.6 is 11.8 Å². The highest BCUT2D eigenvalue weighted by molar-refractivity contribution is 7.99. The molecule has 0 atom stereocenters. The number of nitrogens with zero attached hydrogens (tertiary/aromatic N) is 1. The summed E-state index contributed by atoms with van der Waals surface area (Å²) in [4.78, 5) is 3.64. The Labute approximate surface area is 106 Å². The van der Waals surface area contributed by atoms with Gasteiger partial charge in [0.25, 0.3) is 0 Å². The first-order chi connectivity index (χ1) is 8.34. The van der Waals surface area contributed by atoms with Gasteiger partial charge in [-0.05, 0) is 25.0 Å². The second kappa shape index (κ2) is 4.78. The van der Waals surface area contributed by atoms with Crippen LogP contribution in [0.5, 0.6) is 5.75 Å². The SMILES string of the molecule is OC1CCN(c2cccc3c2SCCO3)CC1. The molecule has 1 aromatic rings. The second-order valence-electron chi connectivity index (χ2n) is 4.52. The summed E-state index contributed by atoms with van der Waals surface area (Å²) in [5, 5.41) is 9.56. The van der Waals surface area contributed by atoms with E-state index in [1.165, 1.54) is 10.6 Å². The van der Waals surface area contributed by atoms with Gasteiger partial charge in [0, 0.05) is 18.8 Å². The lowest BCUT2D eigenvalue weighted by molar-refractivity contribution is 0.145. The second-order valence-corrected chi connectivity index (χ2v) is 5.62. The van der Waals surface area contributed by atoms with Crippen LogP contribution in [0.4, 0.5) is 5.69 Å². The van der Waals surface area contributed by atoms with E-state index in [2.05, 4.69) is 17.0 Å². The van der Waals surface area contributed by atoms with Gasteiger partial charge in [0.15, 0.2) is 0 Å². The summed E-state index contributed by atoms with van der Waals surface area (Å²) in [5.74, 6) is 2.05. The fourth-order valence-electron chi connectivity index (χ4n) is 2.41. The minimum atomic E-state index is -0.116. The third kappa shape index (κ3) is 2.24. The van der Waals surface area contributed by atoms with E-state index in [4.69, 9.17) is 4.74 Å². The molecule has 17 heavy (non-hydrogen) atoms. The molecule has 0 radical (unpaired) electrons. The Balaban J connectivity index is 1.87. The maximum Gasteiger partial charge on any atom is 0.134 e. The molecular formula is C13H17NO2S. The summed E-state index contributed by atoms with van der Waals surface area (Å²) in [5.41, 5.74) is 1.28. The maximum absolute atomic E-state index is 9.56. The molecule has 3 nitrogen and oxygen atoms in total. The maximum atomic E-state index is 9.56. The number of fused-ring (bicyclic) bond motifs is 1. The smallest absolute Gasteiger partial charge is 0.134 e. The van der Waals surface area contributed by atoms with Crippen LogP contribution in [-0.4, -0.2) is 36.7 Å². The molecule has 4 heteroatoms. The van der Waals surface area contributed by atoms with Gasteiger partial charge in [-0.2, -0.15) is 0 Å². The quantitative estimate of drug-likeness (QED) is 0.829. The third-order valence-corrected chi connectivity index (χ3v) is 4.42. The van der Waals surface area contributed by atoms with Crippen molar-refractivity contribution in [2.24, 2.45) is 0 Å². The molecule has 0 aromatic heterocycles. The van der Waals surface area contributed by atoms with Crippen molar-refractivity contribution in [2.45, 2.75) is 23.8 Å². The summed E-state index contributed by atoms with van der Waals surface area (Å²) in [6.07, 6.45) is 1.62. The summed E-state index contributed by atoms with van der Waals surface area (Å²) in [6.45, 7) is 2.69. The molecule has 1 N–H and O–H groups in total. The normalized spacial score (nSPS) is 20.9. The third-order valence-electron chi connectivity index (χ3n) is 3.35. The Morgan fingerprint density at radius 1 is 1.29 bits per heavy atom. The number of anilines is 1. The van der Waals surface area contributed by atoms with Gasteiger partial charge in [0.2, 0.25) is 0 Å². The number of hydrogen-bond acceptors (Lipinski definition) is 4.